The molecule has 3 nitrogen and oxygen atoms in total. The Kier molecular flexibility index (Phi) is 3.20. The highest BCUT2D eigenvalue weighted by atomic mass is 79.9. The van der Waals surface area contributed by atoms with Crippen molar-refractivity contribution in [3.8, 4) is 6.07 Å². The van der Waals surface area contributed by atoms with Crippen LogP contribution in [0.1, 0.15) is 11.1 Å². The minimum absolute atomic E-state index is 0.161. The van der Waals surface area contributed by atoms with Gasteiger partial charge in [0, 0.05) is 4.47 Å². The van der Waals surface area contributed by atoms with Crippen molar-refractivity contribution < 1.29 is 14.3 Å². The topological polar surface area (TPSA) is 61.1 Å². The second-order valence-electron chi connectivity index (χ2n) is 2.60. The van der Waals surface area contributed by atoms with E-state index in [-0.39, 0.29) is 22.0 Å². The molecule has 0 aliphatic heterocycles. The van der Waals surface area contributed by atoms with Crippen LogP contribution in [0.25, 0.3) is 0 Å². The number of carboxylic acids is 1. The van der Waals surface area contributed by atoms with Crippen LogP contribution in [-0.4, -0.2) is 11.1 Å². The van der Waals surface area contributed by atoms with Gasteiger partial charge in [0.2, 0.25) is 0 Å². The van der Waals surface area contributed by atoms with E-state index in [0.29, 0.717) is 0 Å². The van der Waals surface area contributed by atoms with Gasteiger partial charge in [0.15, 0.2) is 0 Å². The van der Waals surface area contributed by atoms with Crippen LogP contribution in [0, 0.1) is 17.1 Å². The average Bonchev–Trinajstić information content (AvgIpc) is 2.01. The van der Waals surface area contributed by atoms with Gasteiger partial charge in [0.1, 0.15) is 11.9 Å². The molecule has 1 rings (SSSR count). The summed E-state index contributed by atoms with van der Waals surface area (Å²) in [6.07, 6.45) is -0.362. The molecule has 0 heterocycles. The number of halogens is 2. The fourth-order valence-corrected chi connectivity index (χ4v) is 1.62. The average molecular weight is 258 g/mol. The molecule has 1 aromatic rings. The number of rotatable bonds is 2. The quantitative estimate of drug-likeness (QED) is 0.883. The zero-order chi connectivity index (χ0) is 10.7. The lowest BCUT2D eigenvalue weighted by atomic mass is 10.1. The number of hydrogen-bond donors (Lipinski definition) is 1. The predicted molar refractivity (Wildman–Crippen MR) is 50.2 cm³/mol. The van der Waals surface area contributed by atoms with E-state index in [1.807, 2.05) is 6.07 Å². The van der Waals surface area contributed by atoms with Crippen LogP contribution in [0.5, 0.6) is 0 Å². The van der Waals surface area contributed by atoms with Gasteiger partial charge in [-0.1, -0.05) is 0 Å². The van der Waals surface area contributed by atoms with Gasteiger partial charge in [0.25, 0.3) is 0 Å². The lowest BCUT2D eigenvalue weighted by Crippen LogP contribution is -2.03. The predicted octanol–water partition coefficient (Wildman–Crippen LogP) is 2.09. The van der Waals surface area contributed by atoms with E-state index in [1.165, 1.54) is 0 Å². The van der Waals surface area contributed by atoms with E-state index < -0.39 is 11.8 Å². The molecule has 0 atom stereocenters. The summed E-state index contributed by atoms with van der Waals surface area (Å²) in [4.78, 5) is 10.4. The molecule has 0 fully saturated rings. The molecular formula is C9H5BrFNO2. The molecule has 0 radical (unpaired) electrons. The highest BCUT2D eigenvalue weighted by Crippen LogP contribution is 2.22. The Hall–Kier alpha value is -1.41. The Morgan fingerprint density at radius 3 is 2.79 bits per heavy atom. The van der Waals surface area contributed by atoms with Crippen molar-refractivity contribution >= 4 is 21.9 Å². The second-order valence-corrected chi connectivity index (χ2v) is 3.46. The number of nitrogens with zero attached hydrogens (tertiary/aromatic N) is 1. The molecule has 1 aromatic carbocycles. The van der Waals surface area contributed by atoms with Gasteiger partial charge in [-0.05, 0) is 33.6 Å². The Bertz CT molecular complexity index is 426. The summed E-state index contributed by atoms with van der Waals surface area (Å²) < 4.78 is 13.1. The molecule has 0 saturated heterocycles. The molecule has 0 spiro atoms. The highest BCUT2D eigenvalue weighted by molar-refractivity contribution is 9.10. The molecule has 0 aromatic heterocycles. The van der Waals surface area contributed by atoms with Crippen molar-refractivity contribution in [3.05, 3.63) is 33.5 Å². The smallest absolute Gasteiger partial charge is 0.307 e. The third-order valence-electron chi connectivity index (χ3n) is 1.59. The second kappa shape index (κ2) is 4.20. The zero-order valence-electron chi connectivity index (χ0n) is 6.92. The highest BCUT2D eigenvalue weighted by Gasteiger charge is 2.11. The summed E-state index contributed by atoms with van der Waals surface area (Å²) in [5.74, 6) is -1.66. The Labute approximate surface area is 87.9 Å². The molecule has 1 N–H and O–H groups in total. The summed E-state index contributed by atoms with van der Waals surface area (Å²) in [5.41, 5.74) is 0.334. The van der Waals surface area contributed by atoms with Crippen LogP contribution >= 0.6 is 15.9 Å². The molecule has 0 aliphatic carbocycles. The number of carbonyl (C=O) groups is 1. The van der Waals surface area contributed by atoms with E-state index in [9.17, 15) is 9.18 Å². The van der Waals surface area contributed by atoms with E-state index in [0.717, 1.165) is 12.1 Å². The Morgan fingerprint density at radius 1 is 1.64 bits per heavy atom. The van der Waals surface area contributed by atoms with Gasteiger partial charge in [-0.2, -0.15) is 5.26 Å². The van der Waals surface area contributed by atoms with Crippen LogP contribution in [-0.2, 0) is 11.2 Å². The van der Waals surface area contributed by atoms with Crippen molar-refractivity contribution in [1.82, 2.24) is 0 Å². The van der Waals surface area contributed by atoms with Gasteiger partial charge in [-0.3, -0.25) is 4.79 Å². The normalized spacial score (nSPS) is 9.50. The van der Waals surface area contributed by atoms with Crippen molar-refractivity contribution in [3.63, 3.8) is 0 Å². The Balaban J connectivity index is 3.26. The lowest BCUT2D eigenvalue weighted by molar-refractivity contribution is -0.136. The fraction of sp³-hybridized carbons (Fsp3) is 0.111. The molecule has 72 valence electrons. The maximum absolute atomic E-state index is 12.9. The van der Waals surface area contributed by atoms with Crippen molar-refractivity contribution in [2.75, 3.05) is 0 Å². The minimum Gasteiger partial charge on any atom is -0.481 e. The maximum atomic E-state index is 12.9. The largest absolute Gasteiger partial charge is 0.481 e. The molecule has 0 bridgehead atoms. The summed E-state index contributed by atoms with van der Waals surface area (Å²) in [7, 11) is 0. The summed E-state index contributed by atoms with van der Waals surface area (Å²) in [6.45, 7) is 0. The van der Waals surface area contributed by atoms with Crippen LogP contribution in [0.4, 0.5) is 4.39 Å². The molecule has 0 aliphatic rings. The molecule has 14 heavy (non-hydrogen) atoms. The van der Waals surface area contributed by atoms with E-state index in [1.54, 1.807) is 0 Å². The number of benzene rings is 1. The molecule has 0 amide bonds. The van der Waals surface area contributed by atoms with E-state index in [4.69, 9.17) is 10.4 Å². The molecule has 5 heteroatoms. The Morgan fingerprint density at radius 2 is 2.29 bits per heavy atom. The van der Waals surface area contributed by atoms with E-state index in [2.05, 4.69) is 15.9 Å². The first kappa shape index (κ1) is 10.7. The maximum Gasteiger partial charge on any atom is 0.307 e. The number of carboxylic acid groups (broad SMARTS) is 1. The van der Waals surface area contributed by atoms with Crippen LogP contribution < -0.4 is 0 Å². The first-order valence-corrected chi connectivity index (χ1v) is 4.43. The van der Waals surface area contributed by atoms with Gasteiger partial charge >= 0.3 is 5.97 Å². The summed E-state index contributed by atoms with van der Waals surface area (Å²) >= 11 is 2.99. The standard InChI is InChI=1S/C9H5BrFNO2/c10-8-3-6(11)1-5(2-9(13)14)7(8)4-12/h1,3H,2H2,(H,13,14). The summed E-state index contributed by atoms with van der Waals surface area (Å²) in [5, 5.41) is 17.2. The van der Waals surface area contributed by atoms with Crippen LogP contribution in [0.3, 0.4) is 0 Å². The third-order valence-corrected chi connectivity index (χ3v) is 2.22. The first-order chi connectivity index (χ1) is 6.54. The molecule has 0 saturated carbocycles. The third kappa shape index (κ3) is 2.30. The summed E-state index contributed by atoms with van der Waals surface area (Å²) in [6, 6.07) is 4.00. The fourth-order valence-electron chi connectivity index (χ4n) is 1.05. The zero-order valence-corrected chi connectivity index (χ0v) is 8.51. The van der Waals surface area contributed by atoms with Crippen molar-refractivity contribution in [2.24, 2.45) is 0 Å². The van der Waals surface area contributed by atoms with Gasteiger partial charge in [0.05, 0.1) is 12.0 Å². The molecular weight excluding hydrogens is 253 g/mol. The van der Waals surface area contributed by atoms with Gasteiger partial charge < -0.3 is 5.11 Å². The van der Waals surface area contributed by atoms with Crippen LogP contribution in [0.15, 0.2) is 16.6 Å². The molecule has 0 unspecified atom stereocenters. The van der Waals surface area contributed by atoms with Crippen molar-refractivity contribution in [2.45, 2.75) is 6.42 Å². The first-order valence-electron chi connectivity index (χ1n) is 3.64. The van der Waals surface area contributed by atoms with Gasteiger partial charge in [-0.15, -0.1) is 0 Å². The van der Waals surface area contributed by atoms with Crippen LogP contribution in [0.2, 0.25) is 0 Å². The van der Waals surface area contributed by atoms with Gasteiger partial charge in [-0.25, -0.2) is 4.39 Å². The number of nitriles is 1. The number of hydrogen-bond acceptors (Lipinski definition) is 2. The number of aliphatic carboxylic acids is 1. The minimum atomic E-state index is -1.10. The lowest BCUT2D eigenvalue weighted by Gasteiger charge is -2.03. The monoisotopic (exact) mass is 257 g/mol. The van der Waals surface area contributed by atoms with E-state index >= 15 is 0 Å². The SMILES string of the molecule is N#Cc1c(Br)cc(F)cc1CC(=O)O. The van der Waals surface area contributed by atoms with Crippen molar-refractivity contribution in [1.29, 1.82) is 5.26 Å².